The van der Waals surface area contributed by atoms with Crippen molar-refractivity contribution in [2.45, 2.75) is 6.61 Å². The fraction of sp³-hybridized carbons (Fsp3) is 0.125. The van der Waals surface area contributed by atoms with Gasteiger partial charge in [0, 0.05) is 0 Å². The quantitative estimate of drug-likeness (QED) is 0.702. The molecule has 2 N–H and O–H groups in total. The lowest BCUT2D eigenvalue weighted by Crippen LogP contribution is -1.85. The van der Waals surface area contributed by atoms with Gasteiger partial charge in [0.05, 0.1) is 5.52 Å². The van der Waals surface area contributed by atoms with Gasteiger partial charge in [0.25, 0.3) is 0 Å². The normalized spacial score (nSPS) is 11.0. The Balaban J connectivity index is 2.76. The highest BCUT2D eigenvalue weighted by atomic mass is 19.2. The predicted molar refractivity (Wildman–Crippen MR) is 41.9 cm³/mol. The summed E-state index contributed by atoms with van der Waals surface area (Å²) in [6.07, 6.45) is 0. The first kappa shape index (κ1) is 8.12. The number of hydrogen-bond acceptors (Lipinski definition) is 2. The van der Waals surface area contributed by atoms with Gasteiger partial charge in [-0.15, -0.1) is 0 Å². The second kappa shape index (κ2) is 2.77. The van der Waals surface area contributed by atoms with Crippen LogP contribution in [0, 0.1) is 11.6 Å². The van der Waals surface area contributed by atoms with Crippen LogP contribution in [0.15, 0.2) is 12.1 Å². The van der Waals surface area contributed by atoms with Crippen molar-refractivity contribution in [1.82, 2.24) is 9.97 Å². The van der Waals surface area contributed by atoms with E-state index in [0.717, 1.165) is 6.07 Å². The molecule has 0 unspecified atom stereocenters. The van der Waals surface area contributed by atoms with Gasteiger partial charge < -0.3 is 10.1 Å². The molecular formula is C8H6F2N2O. The largest absolute Gasteiger partial charge is 0.388 e. The summed E-state index contributed by atoms with van der Waals surface area (Å²) in [5.74, 6) is -1.71. The molecular weight excluding hydrogens is 178 g/mol. The molecule has 3 nitrogen and oxygen atoms in total. The highest BCUT2D eigenvalue weighted by Gasteiger charge is 2.10. The third kappa shape index (κ3) is 1.17. The number of halogens is 2. The van der Waals surface area contributed by atoms with Crippen LogP contribution in [0.4, 0.5) is 8.78 Å². The smallest absolute Gasteiger partial charge is 0.186 e. The van der Waals surface area contributed by atoms with Crippen LogP contribution < -0.4 is 0 Å². The van der Waals surface area contributed by atoms with Crippen LogP contribution in [-0.4, -0.2) is 15.1 Å². The van der Waals surface area contributed by atoms with E-state index in [1.165, 1.54) is 6.07 Å². The number of aliphatic hydroxyl groups is 1. The number of rotatable bonds is 1. The maximum atomic E-state index is 13.0. The van der Waals surface area contributed by atoms with Crippen LogP contribution in [0.2, 0.25) is 0 Å². The molecule has 2 rings (SSSR count). The summed E-state index contributed by atoms with van der Waals surface area (Å²) in [7, 11) is 0. The van der Waals surface area contributed by atoms with E-state index in [-0.39, 0.29) is 17.9 Å². The van der Waals surface area contributed by atoms with E-state index in [4.69, 9.17) is 5.11 Å². The molecule has 0 amide bonds. The molecule has 1 aromatic carbocycles. The molecule has 0 saturated heterocycles. The summed E-state index contributed by atoms with van der Waals surface area (Å²) in [6.45, 7) is -0.324. The monoisotopic (exact) mass is 184 g/mol. The predicted octanol–water partition coefficient (Wildman–Crippen LogP) is 1.33. The topological polar surface area (TPSA) is 48.9 Å². The van der Waals surface area contributed by atoms with E-state index < -0.39 is 11.6 Å². The first-order chi connectivity index (χ1) is 6.22. The Morgan fingerprint density at radius 2 is 2.15 bits per heavy atom. The SMILES string of the molecule is OCc1nc2c(F)c(F)ccc2[nH]1. The van der Waals surface area contributed by atoms with Gasteiger partial charge in [-0.2, -0.15) is 0 Å². The lowest BCUT2D eigenvalue weighted by Gasteiger charge is -1.91. The number of nitrogens with zero attached hydrogens (tertiary/aromatic N) is 1. The van der Waals surface area contributed by atoms with Crippen LogP contribution in [0.25, 0.3) is 11.0 Å². The van der Waals surface area contributed by atoms with Crippen molar-refractivity contribution in [1.29, 1.82) is 0 Å². The maximum absolute atomic E-state index is 13.0. The molecule has 0 spiro atoms. The zero-order chi connectivity index (χ0) is 9.42. The van der Waals surface area contributed by atoms with Crippen LogP contribution in [-0.2, 0) is 6.61 Å². The maximum Gasteiger partial charge on any atom is 0.186 e. The van der Waals surface area contributed by atoms with E-state index in [0.29, 0.717) is 5.52 Å². The molecule has 0 saturated carbocycles. The minimum Gasteiger partial charge on any atom is -0.388 e. The number of imidazole rings is 1. The summed E-state index contributed by atoms with van der Waals surface area (Å²) >= 11 is 0. The van der Waals surface area contributed by atoms with E-state index in [9.17, 15) is 8.78 Å². The van der Waals surface area contributed by atoms with E-state index >= 15 is 0 Å². The molecule has 0 bridgehead atoms. The molecule has 0 aliphatic rings. The first-order valence-electron chi connectivity index (χ1n) is 3.66. The Morgan fingerprint density at radius 1 is 1.38 bits per heavy atom. The van der Waals surface area contributed by atoms with Gasteiger partial charge in [-0.3, -0.25) is 0 Å². The van der Waals surface area contributed by atoms with Gasteiger partial charge in [0.2, 0.25) is 0 Å². The number of hydrogen-bond donors (Lipinski definition) is 2. The lowest BCUT2D eigenvalue weighted by molar-refractivity contribution is 0.273. The molecule has 5 heteroatoms. The van der Waals surface area contributed by atoms with Crippen LogP contribution in [0.3, 0.4) is 0 Å². The van der Waals surface area contributed by atoms with Crippen LogP contribution in [0.5, 0.6) is 0 Å². The van der Waals surface area contributed by atoms with Crippen LogP contribution in [0.1, 0.15) is 5.82 Å². The van der Waals surface area contributed by atoms with Gasteiger partial charge in [0.15, 0.2) is 11.6 Å². The van der Waals surface area contributed by atoms with Gasteiger partial charge in [0.1, 0.15) is 17.9 Å². The second-order valence-electron chi connectivity index (χ2n) is 2.60. The second-order valence-corrected chi connectivity index (χ2v) is 2.60. The van der Waals surface area contributed by atoms with E-state index in [1.807, 2.05) is 0 Å². The van der Waals surface area contributed by atoms with Crippen molar-refractivity contribution in [2.24, 2.45) is 0 Å². The summed E-state index contributed by atoms with van der Waals surface area (Å²) in [4.78, 5) is 6.32. The molecule has 0 atom stereocenters. The summed E-state index contributed by atoms with van der Waals surface area (Å²) < 4.78 is 25.7. The Labute approximate surface area is 72.0 Å². The average molecular weight is 184 g/mol. The van der Waals surface area contributed by atoms with Crippen molar-refractivity contribution in [2.75, 3.05) is 0 Å². The zero-order valence-electron chi connectivity index (χ0n) is 6.51. The fourth-order valence-corrected chi connectivity index (χ4v) is 1.14. The number of aromatic amines is 1. The molecule has 1 heterocycles. The van der Waals surface area contributed by atoms with Crippen molar-refractivity contribution >= 4 is 11.0 Å². The van der Waals surface area contributed by atoms with Gasteiger partial charge >= 0.3 is 0 Å². The van der Waals surface area contributed by atoms with Crippen molar-refractivity contribution in [3.63, 3.8) is 0 Å². The Hall–Kier alpha value is -1.49. The van der Waals surface area contributed by atoms with Crippen molar-refractivity contribution in [3.05, 3.63) is 29.6 Å². The van der Waals surface area contributed by atoms with Crippen molar-refractivity contribution < 1.29 is 13.9 Å². The minimum absolute atomic E-state index is 0.0796. The highest BCUT2D eigenvalue weighted by Crippen LogP contribution is 2.17. The molecule has 2 aromatic rings. The summed E-state index contributed by atoms with van der Waals surface area (Å²) in [6, 6.07) is 2.39. The number of benzene rings is 1. The minimum atomic E-state index is -0.992. The van der Waals surface area contributed by atoms with E-state index in [2.05, 4.69) is 9.97 Å². The zero-order valence-corrected chi connectivity index (χ0v) is 6.51. The molecule has 13 heavy (non-hydrogen) atoms. The third-order valence-electron chi connectivity index (χ3n) is 1.74. The highest BCUT2D eigenvalue weighted by molar-refractivity contribution is 5.75. The van der Waals surface area contributed by atoms with Crippen molar-refractivity contribution in [3.8, 4) is 0 Å². The van der Waals surface area contributed by atoms with Gasteiger partial charge in [-0.05, 0) is 12.1 Å². The fourth-order valence-electron chi connectivity index (χ4n) is 1.14. The molecule has 0 radical (unpaired) electrons. The summed E-state index contributed by atoms with van der Waals surface area (Å²) in [5.41, 5.74) is 0.298. The molecule has 68 valence electrons. The number of nitrogens with one attached hydrogen (secondary N) is 1. The van der Waals surface area contributed by atoms with E-state index in [1.54, 1.807) is 0 Å². The Morgan fingerprint density at radius 3 is 2.85 bits per heavy atom. The number of aliphatic hydroxyl groups excluding tert-OH is 1. The summed E-state index contributed by atoms with van der Waals surface area (Å²) in [5, 5.41) is 8.69. The Kier molecular flexibility index (Phi) is 1.73. The van der Waals surface area contributed by atoms with Gasteiger partial charge in [-0.25, -0.2) is 13.8 Å². The van der Waals surface area contributed by atoms with Gasteiger partial charge in [-0.1, -0.05) is 0 Å². The number of H-pyrrole nitrogens is 1. The lowest BCUT2D eigenvalue weighted by atomic mass is 10.3. The number of fused-ring (bicyclic) bond motifs is 1. The molecule has 1 aromatic heterocycles. The number of aromatic nitrogens is 2. The average Bonchev–Trinajstić information content (AvgIpc) is 2.55. The molecule has 0 aliphatic heterocycles. The Bertz CT molecular complexity index is 453. The third-order valence-corrected chi connectivity index (χ3v) is 1.74. The standard InChI is InChI=1S/C8H6F2N2O/c9-4-1-2-5-8(7(4)10)12-6(3-13)11-5/h1-2,13H,3H2,(H,11,12). The first-order valence-corrected chi connectivity index (χ1v) is 3.66. The molecule has 0 fully saturated rings. The molecule has 0 aliphatic carbocycles. The van der Waals surface area contributed by atoms with Crippen LogP contribution >= 0.6 is 0 Å².